The number of hydrogen-bond acceptors (Lipinski definition) is 6. The van der Waals surface area contributed by atoms with Crippen molar-refractivity contribution in [1.29, 1.82) is 0 Å². The van der Waals surface area contributed by atoms with Crippen LogP contribution in [0, 0.1) is 0 Å². The van der Waals surface area contributed by atoms with E-state index in [4.69, 9.17) is 11.6 Å². The van der Waals surface area contributed by atoms with Crippen molar-refractivity contribution in [1.82, 2.24) is 9.97 Å². The summed E-state index contributed by atoms with van der Waals surface area (Å²) in [4.78, 5) is 7.71. The minimum absolute atomic E-state index is 0.00920. The lowest BCUT2D eigenvalue weighted by atomic mass is 10.3. The Morgan fingerprint density at radius 1 is 1.18 bits per heavy atom. The predicted molar refractivity (Wildman–Crippen MR) is 84.5 cm³/mol. The van der Waals surface area contributed by atoms with Crippen molar-refractivity contribution in [3.8, 4) is 0 Å². The quantitative estimate of drug-likeness (QED) is 0.655. The Kier molecular flexibility index (Phi) is 5.53. The molecule has 0 aliphatic carbocycles. The third-order valence-corrected chi connectivity index (χ3v) is 4.38. The Hall–Kier alpha value is -1.90. The molecule has 118 valence electrons. The van der Waals surface area contributed by atoms with Crippen LogP contribution in [0.15, 0.2) is 47.6 Å². The van der Waals surface area contributed by atoms with Gasteiger partial charge in [-0.25, -0.2) is 23.1 Å². The summed E-state index contributed by atoms with van der Waals surface area (Å²) in [6, 6.07) is 7.68. The van der Waals surface area contributed by atoms with Crippen molar-refractivity contribution in [2.24, 2.45) is 0 Å². The Balaban J connectivity index is 2.06. The van der Waals surface area contributed by atoms with E-state index in [-0.39, 0.29) is 23.3 Å². The molecule has 0 aliphatic heterocycles. The summed E-state index contributed by atoms with van der Waals surface area (Å²) in [7, 11) is -3.74. The van der Waals surface area contributed by atoms with E-state index in [1.54, 1.807) is 18.2 Å². The van der Waals surface area contributed by atoms with Gasteiger partial charge in [0.1, 0.15) is 0 Å². The molecule has 0 aliphatic rings. The van der Waals surface area contributed by atoms with Crippen LogP contribution < -0.4 is 10.0 Å². The highest BCUT2D eigenvalue weighted by atomic mass is 35.5. The van der Waals surface area contributed by atoms with Crippen LogP contribution in [0.2, 0.25) is 0 Å². The van der Waals surface area contributed by atoms with Gasteiger partial charge in [-0.2, -0.15) is 0 Å². The third kappa shape index (κ3) is 4.55. The average Bonchev–Trinajstić information content (AvgIpc) is 2.53. The normalized spacial score (nSPS) is 12.6. The predicted octanol–water partition coefficient (Wildman–Crippen LogP) is 1.29. The van der Waals surface area contributed by atoms with Crippen molar-refractivity contribution in [3.05, 3.63) is 42.7 Å². The zero-order valence-electron chi connectivity index (χ0n) is 11.5. The number of halogens is 1. The second-order valence-electron chi connectivity index (χ2n) is 4.39. The van der Waals surface area contributed by atoms with Gasteiger partial charge in [-0.3, -0.25) is 0 Å². The number of alkyl halides is 1. The maximum atomic E-state index is 12.2. The molecule has 0 amide bonds. The summed E-state index contributed by atoms with van der Waals surface area (Å²) in [6.07, 6.45) is 2.22. The van der Waals surface area contributed by atoms with Crippen LogP contribution in [-0.4, -0.2) is 42.0 Å². The highest BCUT2D eigenvalue weighted by molar-refractivity contribution is 7.92. The molecule has 1 aromatic heterocycles. The van der Waals surface area contributed by atoms with E-state index in [0.717, 1.165) is 0 Å². The first kappa shape index (κ1) is 16.5. The van der Waals surface area contributed by atoms with Crippen molar-refractivity contribution in [2.45, 2.75) is 11.0 Å². The molecule has 0 radical (unpaired) electrons. The number of benzene rings is 1. The van der Waals surface area contributed by atoms with E-state index < -0.39 is 16.1 Å². The van der Waals surface area contributed by atoms with E-state index in [2.05, 4.69) is 20.0 Å². The second-order valence-corrected chi connectivity index (χ2v) is 6.38. The molecule has 3 N–H and O–H groups in total. The smallest absolute Gasteiger partial charge is 0.264 e. The third-order valence-electron chi connectivity index (χ3n) is 2.68. The minimum Gasteiger partial charge on any atom is -0.390 e. The number of nitrogens with zero attached hydrogens (tertiary/aromatic N) is 2. The van der Waals surface area contributed by atoms with Gasteiger partial charge in [0.25, 0.3) is 10.0 Å². The molecule has 7 nitrogen and oxygen atoms in total. The number of rotatable bonds is 7. The van der Waals surface area contributed by atoms with Crippen LogP contribution in [0.3, 0.4) is 0 Å². The standard InChI is InChI=1S/C13H15ClN4O3S/c14-8-11(19)9-17-10-2-4-12(5-3-10)22(20,21)18-13-15-6-1-7-16-13/h1-7,11,17,19H,8-9H2,(H,15,16,18). The highest BCUT2D eigenvalue weighted by Gasteiger charge is 2.15. The Morgan fingerprint density at radius 2 is 1.82 bits per heavy atom. The monoisotopic (exact) mass is 342 g/mol. The van der Waals surface area contributed by atoms with E-state index in [1.165, 1.54) is 24.5 Å². The van der Waals surface area contributed by atoms with Gasteiger partial charge < -0.3 is 10.4 Å². The summed E-state index contributed by atoms with van der Waals surface area (Å²) in [5, 5.41) is 12.3. The Morgan fingerprint density at radius 3 is 2.41 bits per heavy atom. The van der Waals surface area contributed by atoms with Crippen LogP contribution in [0.4, 0.5) is 11.6 Å². The molecule has 22 heavy (non-hydrogen) atoms. The lowest BCUT2D eigenvalue weighted by Crippen LogP contribution is -2.20. The van der Waals surface area contributed by atoms with E-state index in [9.17, 15) is 13.5 Å². The van der Waals surface area contributed by atoms with Gasteiger partial charge in [0, 0.05) is 24.6 Å². The molecule has 2 aromatic rings. The van der Waals surface area contributed by atoms with Crippen LogP contribution >= 0.6 is 11.6 Å². The molecule has 1 aromatic carbocycles. The summed E-state index contributed by atoms with van der Waals surface area (Å²) in [5.74, 6) is 0.135. The molecule has 0 spiro atoms. The first-order chi connectivity index (χ1) is 10.5. The molecule has 1 heterocycles. The first-order valence-corrected chi connectivity index (χ1v) is 8.41. The lowest BCUT2D eigenvalue weighted by molar-refractivity contribution is 0.211. The van der Waals surface area contributed by atoms with Crippen LogP contribution in [-0.2, 0) is 10.0 Å². The molecule has 9 heteroatoms. The minimum atomic E-state index is -3.74. The average molecular weight is 343 g/mol. The summed E-state index contributed by atoms with van der Waals surface area (Å²) >= 11 is 5.49. The first-order valence-electron chi connectivity index (χ1n) is 6.39. The Bertz CT molecular complexity index is 695. The maximum Gasteiger partial charge on any atom is 0.264 e. The van der Waals surface area contributed by atoms with E-state index in [1.807, 2.05) is 0 Å². The number of sulfonamides is 1. The number of hydrogen-bond donors (Lipinski definition) is 3. The lowest BCUT2D eigenvalue weighted by Gasteiger charge is -2.11. The van der Waals surface area contributed by atoms with E-state index in [0.29, 0.717) is 5.69 Å². The molecule has 0 bridgehead atoms. The number of anilines is 2. The van der Waals surface area contributed by atoms with Crippen molar-refractivity contribution < 1.29 is 13.5 Å². The van der Waals surface area contributed by atoms with Crippen LogP contribution in [0.1, 0.15) is 0 Å². The van der Waals surface area contributed by atoms with Crippen LogP contribution in [0.5, 0.6) is 0 Å². The molecule has 2 rings (SSSR count). The van der Waals surface area contributed by atoms with Gasteiger partial charge >= 0.3 is 0 Å². The number of aliphatic hydroxyl groups is 1. The molecular weight excluding hydrogens is 328 g/mol. The highest BCUT2D eigenvalue weighted by Crippen LogP contribution is 2.16. The Labute approximate surface area is 133 Å². The van der Waals surface area contributed by atoms with E-state index >= 15 is 0 Å². The fraction of sp³-hybridized carbons (Fsp3) is 0.231. The van der Waals surface area contributed by atoms with Gasteiger partial charge in [-0.15, -0.1) is 11.6 Å². The van der Waals surface area contributed by atoms with Crippen LogP contribution in [0.25, 0.3) is 0 Å². The summed E-state index contributed by atoms with van der Waals surface area (Å²) in [5.41, 5.74) is 0.680. The molecule has 0 saturated carbocycles. The number of aliphatic hydroxyl groups excluding tert-OH is 1. The van der Waals surface area contributed by atoms with Crippen molar-refractivity contribution in [2.75, 3.05) is 22.5 Å². The fourth-order valence-electron chi connectivity index (χ4n) is 1.57. The number of nitrogens with one attached hydrogen (secondary N) is 2. The second kappa shape index (κ2) is 7.39. The van der Waals surface area contributed by atoms with Gasteiger partial charge in [-0.05, 0) is 30.3 Å². The maximum absolute atomic E-state index is 12.2. The van der Waals surface area contributed by atoms with Crippen molar-refractivity contribution >= 4 is 33.3 Å². The van der Waals surface area contributed by atoms with Gasteiger partial charge in [-0.1, -0.05) is 0 Å². The van der Waals surface area contributed by atoms with Gasteiger partial charge in [0.2, 0.25) is 5.95 Å². The molecule has 0 saturated heterocycles. The molecular formula is C13H15ClN4O3S. The zero-order chi connectivity index (χ0) is 16.0. The summed E-state index contributed by atoms with van der Waals surface area (Å²) < 4.78 is 26.6. The largest absolute Gasteiger partial charge is 0.390 e. The topological polar surface area (TPSA) is 104 Å². The molecule has 0 fully saturated rings. The van der Waals surface area contributed by atoms with Crippen molar-refractivity contribution in [3.63, 3.8) is 0 Å². The molecule has 1 atom stereocenters. The van der Waals surface area contributed by atoms with Gasteiger partial charge in [0.05, 0.1) is 16.9 Å². The summed E-state index contributed by atoms with van der Waals surface area (Å²) in [6.45, 7) is 0.283. The molecule has 1 unspecified atom stereocenters. The SMILES string of the molecule is O=S(=O)(Nc1ncccn1)c1ccc(NCC(O)CCl)cc1. The fourth-order valence-corrected chi connectivity index (χ4v) is 2.64. The zero-order valence-corrected chi connectivity index (χ0v) is 13.0. The van der Waals surface area contributed by atoms with Gasteiger partial charge in [0.15, 0.2) is 0 Å². The number of aromatic nitrogens is 2.